The molecule has 0 radical (unpaired) electrons. The van der Waals surface area contributed by atoms with Gasteiger partial charge in [-0.15, -0.1) is 0 Å². The van der Waals surface area contributed by atoms with Gasteiger partial charge in [-0.1, -0.05) is 13.3 Å². The lowest BCUT2D eigenvalue weighted by atomic mass is 10.0. The topological polar surface area (TPSA) is 39.7 Å². The van der Waals surface area contributed by atoms with Gasteiger partial charge in [-0.25, -0.2) is 0 Å². The number of hydrogen-bond acceptors (Lipinski definition) is 4. The molecule has 1 atom stereocenters. The largest absolute Gasteiger partial charge is 0.493 e. The Morgan fingerprint density at radius 2 is 1.72 bits per heavy atom. The quantitative estimate of drug-likeness (QED) is 0.811. The van der Waals surface area contributed by atoms with E-state index in [4.69, 9.17) is 14.2 Å². The van der Waals surface area contributed by atoms with Crippen LogP contribution in [0.15, 0.2) is 12.1 Å². The molecular weight excluding hydrogens is 230 g/mol. The summed E-state index contributed by atoms with van der Waals surface area (Å²) in [6.07, 6.45) is 2.14. The second-order valence-electron chi connectivity index (χ2n) is 4.05. The third-order valence-corrected chi connectivity index (χ3v) is 3.04. The van der Waals surface area contributed by atoms with Crippen molar-refractivity contribution in [3.8, 4) is 17.2 Å². The molecule has 0 amide bonds. The number of benzene rings is 1. The molecular formula is C14H23NO3. The highest BCUT2D eigenvalue weighted by atomic mass is 16.5. The van der Waals surface area contributed by atoms with Crippen LogP contribution < -0.4 is 19.5 Å². The summed E-state index contributed by atoms with van der Waals surface area (Å²) in [5.74, 6) is 2.07. The lowest BCUT2D eigenvalue weighted by Crippen LogP contribution is -2.17. The lowest BCUT2D eigenvalue weighted by Gasteiger charge is -2.21. The molecule has 0 aliphatic carbocycles. The van der Waals surface area contributed by atoms with Gasteiger partial charge in [-0.05, 0) is 25.6 Å². The van der Waals surface area contributed by atoms with Gasteiger partial charge in [-0.3, -0.25) is 0 Å². The Kier molecular flexibility index (Phi) is 5.78. The van der Waals surface area contributed by atoms with Crippen molar-refractivity contribution >= 4 is 0 Å². The molecule has 0 aromatic heterocycles. The van der Waals surface area contributed by atoms with E-state index in [-0.39, 0.29) is 6.04 Å². The zero-order valence-corrected chi connectivity index (χ0v) is 11.9. The molecule has 1 N–H and O–H groups in total. The SMILES string of the molecule is CCCC(NC)c1ccc(OC)c(OC)c1OC. The summed E-state index contributed by atoms with van der Waals surface area (Å²) in [5.41, 5.74) is 1.10. The van der Waals surface area contributed by atoms with Crippen LogP contribution in [-0.2, 0) is 0 Å². The highest BCUT2D eigenvalue weighted by Crippen LogP contribution is 2.42. The third kappa shape index (κ3) is 2.88. The summed E-state index contributed by atoms with van der Waals surface area (Å²) in [4.78, 5) is 0. The molecule has 1 aromatic rings. The van der Waals surface area contributed by atoms with E-state index in [0.717, 1.165) is 24.2 Å². The van der Waals surface area contributed by atoms with E-state index in [1.807, 2.05) is 19.2 Å². The fourth-order valence-corrected chi connectivity index (χ4v) is 2.14. The number of methoxy groups -OCH3 is 3. The van der Waals surface area contributed by atoms with Gasteiger partial charge < -0.3 is 19.5 Å². The van der Waals surface area contributed by atoms with E-state index in [1.54, 1.807) is 21.3 Å². The maximum Gasteiger partial charge on any atom is 0.203 e. The highest BCUT2D eigenvalue weighted by Gasteiger charge is 2.20. The van der Waals surface area contributed by atoms with Gasteiger partial charge in [0.2, 0.25) is 5.75 Å². The van der Waals surface area contributed by atoms with Gasteiger partial charge in [0, 0.05) is 11.6 Å². The molecule has 18 heavy (non-hydrogen) atoms. The highest BCUT2D eigenvalue weighted by molar-refractivity contribution is 5.56. The standard InChI is InChI=1S/C14H23NO3/c1-6-7-11(15-2)10-8-9-12(16-3)14(18-5)13(10)17-4/h8-9,11,15H,6-7H2,1-5H3. The number of ether oxygens (including phenoxy) is 3. The van der Waals surface area contributed by atoms with Crippen molar-refractivity contribution in [3.05, 3.63) is 17.7 Å². The first kappa shape index (κ1) is 14.6. The van der Waals surface area contributed by atoms with Crippen molar-refractivity contribution in [1.82, 2.24) is 5.32 Å². The molecule has 4 heteroatoms. The Bertz CT molecular complexity index is 380. The first-order chi connectivity index (χ1) is 8.73. The Morgan fingerprint density at radius 1 is 1.06 bits per heavy atom. The van der Waals surface area contributed by atoms with Gasteiger partial charge in [0.1, 0.15) is 0 Å². The van der Waals surface area contributed by atoms with Gasteiger partial charge in [0.15, 0.2) is 11.5 Å². The summed E-state index contributed by atoms with van der Waals surface area (Å²) < 4.78 is 16.2. The summed E-state index contributed by atoms with van der Waals surface area (Å²) in [5, 5.41) is 3.31. The van der Waals surface area contributed by atoms with Crippen LogP contribution in [0.5, 0.6) is 17.2 Å². The third-order valence-electron chi connectivity index (χ3n) is 3.04. The van der Waals surface area contributed by atoms with Gasteiger partial charge in [-0.2, -0.15) is 0 Å². The first-order valence-corrected chi connectivity index (χ1v) is 6.19. The molecule has 1 unspecified atom stereocenters. The molecule has 0 fully saturated rings. The molecule has 0 aliphatic heterocycles. The van der Waals surface area contributed by atoms with E-state index in [0.29, 0.717) is 11.5 Å². The van der Waals surface area contributed by atoms with Crippen LogP contribution in [0.4, 0.5) is 0 Å². The predicted molar refractivity (Wildman–Crippen MR) is 72.8 cm³/mol. The molecule has 1 aromatic carbocycles. The summed E-state index contributed by atoms with van der Waals surface area (Å²) >= 11 is 0. The molecule has 1 rings (SSSR count). The van der Waals surface area contributed by atoms with Gasteiger partial charge in [0.25, 0.3) is 0 Å². The number of hydrogen-bond donors (Lipinski definition) is 1. The molecule has 0 bridgehead atoms. The van der Waals surface area contributed by atoms with E-state index in [1.165, 1.54) is 0 Å². The molecule has 0 heterocycles. The summed E-state index contributed by atoms with van der Waals surface area (Å²) in [6.45, 7) is 2.16. The Balaban J connectivity index is 3.26. The fraction of sp³-hybridized carbons (Fsp3) is 0.571. The van der Waals surface area contributed by atoms with Crippen molar-refractivity contribution in [3.63, 3.8) is 0 Å². The molecule has 0 aliphatic rings. The van der Waals surface area contributed by atoms with Crippen LogP contribution in [-0.4, -0.2) is 28.4 Å². The predicted octanol–water partition coefficient (Wildman–Crippen LogP) is 2.77. The zero-order valence-electron chi connectivity index (χ0n) is 11.9. The Labute approximate surface area is 109 Å². The fourth-order valence-electron chi connectivity index (χ4n) is 2.14. The monoisotopic (exact) mass is 253 g/mol. The summed E-state index contributed by atoms with van der Waals surface area (Å²) in [6, 6.07) is 4.19. The van der Waals surface area contributed by atoms with Crippen LogP contribution in [0.2, 0.25) is 0 Å². The van der Waals surface area contributed by atoms with Crippen molar-refractivity contribution in [2.24, 2.45) is 0 Å². The van der Waals surface area contributed by atoms with Crippen molar-refractivity contribution in [1.29, 1.82) is 0 Å². The smallest absolute Gasteiger partial charge is 0.203 e. The van der Waals surface area contributed by atoms with Crippen molar-refractivity contribution in [2.45, 2.75) is 25.8 Å². The minimum absolute atomic E-state index is 0.254. The minimum atomic E-state index is 0.254. The molecule has 102 valence electrons. The normalized spacial score (nSPS) is 12.1. The zero-order chi connectivity index (χ0) is 13.5. The van der Waals surface area contributed by atoms with E-state index < -0.39 is 0 Å². The van der Waals surface area contributed by atoms with E-state index in [2.05, 4.69) is 12.2 Å². The van der Waals surface area contributed by atoms with Gasteiger partial charge >= 0.3 is 0 Å². The molecule has 0 saturated heterocycles. The maximum atomic E-state index is 5.49. The summed E-state index contributed by atoms with van der Waals surface area (Å²) in [7, 11) is 6.85. The molecule has 0 saturated carbocycles. The number of nitrogens with one attached hydrogen (secondary N) is 1. The average Bonchev–Trinajstić information content (AvgIpc) is 2.42. The second kappa shape index (κ2) is 7.11. The second-order valence-corrected chi connectivity index (χ2v) is 4.05. The van der Waals surface area contributed by atoms with E-state index in [9.17, 15) is 0 Å². The average molecular weight is 253 g/mol. The Morgan fingerprint density at radius 3 is 2.17 bits per heavy atom. The Hall–Kier alpha value is -1.42. The van der Waals surface area contributed by atoms with Crippen molar-refractivity contribution in [2.75, 3.05) is 28.4 Å². The van der Waals surface area contributed by atoms with Crippen LogP contribution >= 0.6 is 0 Å². The van der Waals surface area contributed by atoms with Crippen LogP contribution in [0.1, 0.15) is 31.4 Å². The van der Waals surface area contributed by atoms with Crippen LogP contribution in [0.3, 0.4) is 0 Å². The first-order valence-electron chi connectivity index (χ1n) is 6.19. The lowest BCUT2D eigenvalue weighted by molar-refractivity contribution is 0.319. The van der Waals surface area contributed by atoms with E-state index >= 15 is 0 Å². The maximum absolute atomic E-state index is 5.49. The minimum Gasteiger partial charge on any atom is -0.493 e. The van der Waals surface area contributed by atoms with Gasteiger partial charge in [0.05, 0.1) is 21.3 Å². The van der Waals surface area contributed by atoms with Crippen LogP contribution in [0, 0.1) is 0 Å². The molecule has 4 nitrogen and oxygen atoms in total. The number of rotatable bonds is 7. The van der Waals surface area contributed by atoms with Crippen LogP contribution in [0.25, 0.3) is 0 Å². The van der Waals surface area contributed by atoms with Crippen molar-refractivity contribution < 1.29 is 14.2 Å². The molecule has 0 spiro atoms.